The SMILES string of the molecule is COc1cc(C(C)(C)C)c2cn[nH]c2c1. The van der Waals surface area contributed by atoms with Crippen LogP contribution in [0, 0.1) is 0 Å². The minimum Gasteiger partial charge on any atom is -0.497 e. The van der Waals surface area contributed by atoms with Crippen molar-refractivity contribution in [3.05, 3.63) is 23.9 Å². The largest absolute Gasteiger partial charge is 0.497 e. The third kappa shape index (κ3) is 1.69. The van der Waals surface area contributed by atoms with E-state index in [2.05, 4.69) is 37.0 Å². The van der Waals surface area contributed by atoms with Crippen LogP contribution in [0.1, 0.15) is 26.3 Å². The highest BCUT2D eigenvalue weighted by molar-refractivity contribution is 5.84. The summed E-state index contributed by atoms with van der Waals surface area (Å²) in [6, 6.07) is 4.05. The van der Waals surface area contributed by atoms with Crippen molar-refractivity contribution < 1.29 is 4.74 Å². The number of methoxy groups -OCH3 is 1. The van der Waals surface area contributed by atoms with Crippen molar-refractivity contribution in [2.24, 2.45) is 0 Å². The van der Waals surface area contributed by atoms with Crippen molar-refractivity contribution in [3.63, 3.8) is 0 Å². The first-order valence-corrected chi connectivity index (χ1v) is 5.04. The molecule has 0 aliphatic heterocycles. The van der Waals surface area contributed by atoms with Crippen LogP contribution in [0.25, 0.3) is 10.9 Å². The maximum absolute atomic E-state index is 5.28. The van der Waals surface area contributed by atoms with E-state index in [0.29, 0.717) is 0 Å². The number of fused-ring (bicyclic) bond motifs is 1. The maximum Gasteiger partial charge on any atom is 0.121 e. The van der Waals surface area contributed by atoms with Crippen LogP contribution in [0.2, 0.25) is 0 Å². The zero-order valence-electron chi connectivity index (χ0n) is 9.59. The molecule has 2 aromatic rings. The van der Waals surface area contributed by atoms with Gasteiger partial charge in [-0.15, -0.1) is 0 Å². The van der Waals surface area contributed by atoms with Crippen LogP contribution in [0.15, 0.2) is 18.3 Å². The van der Waals surface area contributed by atoms with Gasteiger partial charge in [-0.2, -0.15) is 5.10 Å². The van der Waals surface area contributed by atoms with Gasteiger partial charge in [-0.05, 0) is 17.0 Å². The second-order valence-electron chi connectivity index (χ2n) is 4.76. The van der Waals surface area contributed by atoms with Crippen LogP contribution < -0.4 is 4.74 Å². The van der Waals surface area contributed by atoms with Crippen LogP contribution in [0.3, 0.4) is 0 Å². The molecule has 0 atom stereocenters. The van der Waals surface area contributed by atoms with Gasteiger partial charge in [0.05, 0.1) is 18.8 Å². The van der Waals surface area contributed by atoms with E-state index in [1.165, 1.54) is 10.9 Å². The number of H-pyrrole nitrogens is 1. The summed E-state index contributed by atoms with van der Waals surface area (Å²) < 4.78 is 5.28. The molecule has 0 aliphatic carbocycles. The molecule has 1 aromatic heterocycles. The van der Waals surface area contributed by atoms with Gasteiger partial charge in [0.15, 0.2) is 0 Å². The topological polar surface area (TPSA) is 37.9 Å². The van der Waals surface area contributed by atoms with Crippen molar-refractivity contribution in [2.75, 3.05) is 7.11 Å². The van der Waals surface area contributed by atoms with Crippen LogP contribution >= 0.6 is 0 Å². The van der Waals surface area contributed by atoms with Crippen molar-refractivity contribution in [3.8, 4) is 5.75 Å². The smallest absolute Gasteiger partial charge is 0.121 e. The van der Waals surface area contributed by atoms with E-state index < -0.39 is 0 Å². The molecule has 2 rings (SSSR count). The summed E-state index contributed by atoms with van der Waals surface area (Å²) in [4.78, 5) is 0. The molecule has 1 heterocycles. The molecule has 0 unspecified atom stereocenters. The number of aromatic amines is 1. The summed E-state index contributed by atoms with van der Waals surface area (Å²) in [5, 5.41) is 8.22. The highest BCUT2D eigenvalue weighted by atomic mass is 16.5. The number of hydrogen-bond donors (Lipinski definition) is 1. The van der Waals surface area contributed by atoms with E-state index >= 15 is 0 Å². The second-order valence-corrected chi connectivity index (χ2v) is 4.76. The molecule has 0 bridgehead atoms. The quantitative estimate of drug-likeness (QED) is 0.775. The molecule has 0 radical (unpaired) electrons. The summed E-state index contributed by atoms with van der Waals surface area (Å²) >= 11 is 0. The molecule has 1 N–H and O–H groups in total. The molecule has 0 saturated heterocycles. The van der Waals surface area contributed by atoms with E-state index in [0.717, 1.165) is 11.3 Å². The van der Waals surface area contributed by atoms with Gasteiger partial charge in [-0.3, -0.25) is 5.10 Å². The third-order valence-electron chi connectivity index (χ3n) is 2.58. The average molecular weight is 204 g/mol. The van der Waals surface area contributed by atoms with Crippen molar-refractivity contribution in [1.82, 2.24) is 10.2 Å². The predicted molar refractivity (Wildman–Crippen MR) is 61.3 cm³/mol. The summed E-state index contributed by atoms with van der Waals surface area (Å²) in [5.74, 6) is 0.872. The predicted octanol–water partition coefficient (Wildman–Crippen LogP) is 2.87. The Kier molecular flexibility index (Phi) is 2.18. The average Bonchev–Trinajstić information content (AvgIpc) is 2.61. The molecular formula is C12H16N2O. The fraction of sp³-hybridized carbons (Fsp3) is 0.417. The van der Waals surface area contributed by atoms with Gasteiger partial charge in [0.1, 0.15) is 5.75 Å². The normalized spacial score (nSPS) is 12.0. The molecule has 0 saturated carbocycles. The minimum atomic E-state index is 0.0939. The second kappa shape index (κ2) is 3.26. The lowest BCUT2D eigenvalue weighted by Gasteiger charge is -2.20. The molecule has 0 spiro atoms. The molecule has 3 heteroatoms. The standard InChI is InChI=1S/C12H16N2O/c1-12(2,3)10-5-8(15-4)6-11-9(10)7-13-14-11/h5-7H,1-4H3,(H,13,14). The molecule has 0 amide bonds. The van der Waals surface area contributed by atoms with Gasteiger partial charge in [0.25, 0.3) is 0 Å². The van der Waals surface area contributed by atoms with E-state index in [1.807, 2.05) is 12.3 Å². The minimum absolute atomic E-state index is 0.0939. The Morgan fingerprint density at radius 2 is 2.00 bits per heavy atom. The summed E-state index contributed by atoms with van der Waals surface area (Å²) in [6.07, 6.45) is 1.87. The Labute approximate surface area is 89.4 Å². The highest BCUT2D eigenvalue weighted by Gasteiger charge is 2.18. The van der Waals surface area contributed by atoms with E-state index in [9.17, 15) is 0 Å². The van der Waals surface area contributed by atoms with E-state index in [4.69, 9.17) is 4.74 Å². The number of nitrogens with zero attached hydrogens (tertiary/aromatic N) is 1. The summed E-state index contributed by atoms with van der Waals surface area (Å²) in [5.41, 5.74) is 2.38. The Morgan fingerprint density at radius 1 is 1.27 bits per heavy atom. The monoisotopic (exact) mass is 204 g/mol. The fourth-order valence-corrected chi connectivity index (χ4v) is 1.76. The van der Waals surface area contributed by atoms with Crippen molar-refractivity contribution in [2.45, 2.75) is 26.2 Å². The molecule has 3 nitrogen and oxygen atoms in total. The molecule has 1 aromatic carbocycles. The first kappa shape index (κ1) is 10.0. The maximum atomic E-state index is 5.28. The number of hydrogen-bond acceptors (Lipinski definition) is 2. The highest BCUT2D eigenvalue weighted by Crippen LogP contribution is 2.32. The number of ether oxygens (including phenoxy) is 1. The number of benzene rings is 1. The van der Waals surface area contributed by atoms with E-state index in [-0.39, 0.29) is 5.41 Å². The molecule has 0 aliphatic rings. The fourth-order valence-electron chi connectivity index (χ4n) is 1.76. The number of rotatable bonds is 1. The molecule has 0 fully saturated rings. The van der Waals surface area contributed by atoms with Crippen LogP contribution in [-0.4, -0.2) is 17.3 Å². The molecule has 80 valence electrons. The van der Waals surface area contributed by atoms with Gasteiger partial charge >= 0.3 is 0 Å². The first-order chi connectivity index (χ1) is 7.02. The number of aromatic nitrogens is 2. The lowest BCUT2D eigenvalue weighted by atomic mass is 9.85. The lowest BCUT2D eigenvalue weighted by Crippen LogP contribution is -2.11. The Bertz CT molecular complexity index is 480. The zero-order chi connectivity index (χ0) is 11.1. The van der Waals surface area contributed by atoms with Gasteiger partial charge in [0, 0.05) is 11.5 Å². The summed E-state index contributed by atoms with van der Waals surface area (Å²) in [7, 11) is 1.68. The van der Waals surface area contributed by atoms with Crippen LogP contribution in [0.4, 0.5) is 0 Å². The van der Waals surface area contributed by atoms with E-state index in [1.54, 1.807) is 7.11 Å². The summed E-state index contributed by atoms with van der Waals surface area (Å²) in [6.45, 7) is 6.57. The van der Waals surface area contributed by atoms with Crippen LogP contribution in [0.5, 0.6) is 5.75 Å². The Hall–Kier alpha value is -1.51. The van der Waals surface area contributed by atoms with Crippen molar-refractivity contribution in [1.29, 1.82) is 0 Å². The van der Waals surface area contributed by atoms with Gasteiger partial charge in [-0.25, -0.2) is 0 Å². The molecular weight excluding hydrogens is 188 g/mol. The zero-order valence-corrected chi connectivity index (χ0v) is 9.59. The van der Waals surface area contributed by atoms with Crippen LogP contribution in [-0.2, 0) is 5.41 Å². The third-order valence-corrected chi connectivity index (χ3v) is 2.58. The van der Waals surface area contributed by atoms with Crippen molar-refractivity contribution >= 4 is 10.9 Å². The Balaban J connectivity index is 2.74. The first-order valence-electron chi connectivity index (χ1n) is 5.04. The van der Waals surface area contributed by atoms with Gasteiger partial charge in [0.2, 0.25) is 0 Å². The van der Waals surface area contributed by atoms with Gasteiger partial charge in [-0.1, -0.05) is 20.8 Å². The number of nitrogens with one attached hydrogen (secondary N) is 1. The Morgan fingerprint density at radius 3 is 2.60 bits per heavy atom. The van der Waals surface area contributed by atoms with Gasteiger partial charge < -0.3 is 4.74 Å². The molecule has 15 heavy (non-hydrogen) atoms. The lowest BCUT2D eigenvalue weighted by molar-refractivity contribution is 0.413.